The van der Waals surface area contributed by atoms with Crippen LogP contribution in [-0.2, 0) is 0 Å². The van der Waals surface area contributed by atoms with E-state index in [-0.39, 0.29) is 23.3 Å². The molecule has 14 aromatic rings. The number of nitrogens with zero attached hydrogens (tertiary/aromatic N) is 4. The van der Waals surface area contributed by atoms with E-state index in [2.05, 4.69) is 78.9 Å². The van der Waals surface area contributed by atoms with Gasteiger partial charge in [0.1, 0.15) is 11.5 Å². The lowest BCUT2D eigenvalue weighted by atomic mass is 9.64. The smallest absolute Gasteiger partial charge is 0.264 e. The maximum absolute atomic E-state index is 14.4. The van der Waals surface area contributed by atoms with Crippen LogP contribution in [-0.4, -0.2) is 24.8 Å². The van der Waals surface area contributed by atoms with Crippen LogP contribution in [0.25, 0.3) is 125 Å². The fraction of sp³-hybridized carbons (Fsp3) is 0.0714. The molecule has 4 heterocycles. The fourth-order valence-corrected chi connectivity index (χ4v) is 13.3. The van der Waals surface area contributed by atoms with Gasteiger partial charge >= 0.3 is 0 Å². The molecule has 1 aliphatic heterocycles. The molecule has 0 amide bonds. The van der Waals surface area contributed by atoms with E-state index in [1.165, 1.54) is 81.7 Å². The van der Waals surface area contributed by atoms with E-state index < -0.39 is 0 Å². The van der Waals surface area contributed by atoms with Gasteiger partial charge in [-0.1, -0.05) is 91.0 Å². The number of carbonyl (C=O) groups is 1. The molecule has 6 nitrogen and oxygen atoms in total. The lowest BCUT2D eigenvalue weighted by Crippen LogP contribution is -2.31. The molecule has 11 aromatic carbocycles. The number of hydrogen-bond acceptors (Lipinski definition) is 4. The summed E-state index contributed by atoms with van der Waals surface area (Å²) in [6, 6.07) is 47.8. The molecule has 0 spiro atoms. The van der Waals surface area contributed by atoms with E-state index in [9.17, 15) is 9.59 Å². The molecule has 2 aliphatic carbocycles. The van der Waals surface area contributed by atoms with Crippen molar-refractivity contribution < 1.29 is 4.79 Å². The predicted molar refractivity (Wildman–Crippen MR) is 250 cm³/mol. The summed E-state index contributed by atoms with van der Waals surface area (Å²) < 4.78 is 3.68. The van der Waals surface area contributed by atoms with Crippen LogP contribution in [0, 0.1) is 0 Å². The zero-order chi connectivity index (χ0) is 40.0. The quantitative estimate of drug-likeness (QED) is 0.113. The minimum absolute atomic E-state index is 0.0255. The van der Waals surface area contributed by atoms with Crippen LogP contribution < -0.4 is 5.56 Å². The van der Waals surface area contributed by atoms with Crippen molar-refractivity contribution >= 4 is 120 Å². The van der Waals surface area contributed by atoms with E-state index in [0.29, 0.717) is 5.65 Å². The molecule has 2 unspecified atom stereocenters. The van der Waals surface area contributed by atoms with Gasteiger partial charge in [-0.15, -0.1) is 0 Å². The zero-order valence-electron chi connectivity index (χ0n) is 32.9. The van der Waals surface area contributed by atoms with Gasteiger partial charge in [0.15, 0.2) is 0 Å². The summed E-state index contributed by atoms with van der Waals surface area (Å²) in [6.45, 7) is 0. The van der Waals surface area contributed by atoms with Crippen molar-refractivity contribution in [2.24, 2.45) is 0 Å². The molecule has 0 bridgehead atoms. The first-order chi connectivity index (χ1) is 30.6. The summed E-state index contributed by atoms with van der Waals surface area (Å²) in [5.41, 5.74) is 11.4. The van der Waals surface area contributed by atoms with Crippen molar-refractivity contribution in [1.29, 1.82) is 0 Å². The van der Waals surface area contributed by atoms with Crippen LogP contribution in [0.15, 0.2) is 138 Å². The number of rotatable bonds is 0. The van der Waals surface area contributed by atoms with E-state index in [1.54, 1.807) is 4.40 Å². The van der Waals surface area contributed by atoms with Crippen LogP contribution >= 0.6 is 0 Å². The van der Waals surface area contributed by atoms with Gasteiger partial charge in [0.05, 0.1) is 22.1 Å². The molecule has 0 saturated heterocycles. The molecule has 17 rings (SSSR count). The normalized spacial score (nSPS) is 17.0. The number of pyridine rings is 1. The summed E-state index contributed by atoms with van der Waals surface area (Å²) >= 11 is 0. The second-order valence-corrected chi connectivity index (χ2v) is 18.1. The van der Waals surface area contributed by atoms with E-state index in [0.717, 1.165) is 78.6 Å². The molecule has 6 heteroatoms. The summed E-state index contributed by atoms with van der Waals surface area (Å²) in [5, 5.41) is 18.9. The highest BCUT2D eigenvalue weighted by Crippen LogP contribution is 2.58. The third kappa shape index (κ3) is 3.19. The largest absolute Gasteiger partial charge is 0.268 e. The summed E-state index contributed by atoms with van der Waals surface area (Å²) in [7, 11) is 0. The van der Waals surface area contributed by atoms with Gasteiger partial charge in [-0.05, 0) is 153 Å². The third-order valence-corrected chi connectivity index (χ3v) is 15.6. The average Bonchev–Trinajstić information content (AvgIpc) is 3.91. The SMILES string of the molecule is O=C1c2ccc3c4c2C(CCC4c2ccc4c5ccc6c7ccc8c(=O)n9c%10ccccc%10nc9c9ccc(c%10ccc(c%11ccc-3c2c4%11)c5c6%10)c7c89)c2nc3ccccc3n21. The Labute approximate surface area is 349 Å². The maximum Gasteiger partial charge on any atom is 0.264 e. The van der Waals surface area contributed by atoms with Crippen molar-refractivity contribution in [1.82, 2.24) is 18.9 Å². The van der Waals surface area contributed by atoms with Crippen LogP contribution in [0.2, 0.25) is 0 Å². The highest BCUT2D eigenvalue weighted by molar-refractivity contribution is 6.44. The second-order valence-electron chi connectivity index (χ2n) is 18.1. The van der Waals surface area contributed by atoms with Crippen LogP contribution in [0.3, 0.4) is 0 Å². The maximum atomic E-state index is 14.4. The molecule has 62 heavy (non-hydrogen) atoms. The number of aromatic nitrogens is 4. The second kappa shape index (κ2) is 9.97. The highest BCUT2D eigenvalue weighted by Gasteiger charge is 2.43. The van der Waals surface area contributed by atoms with Crippen molar-refractivity contribution in [3.8, 4) is 11.1 Å². The van der Waals surface area contributed by atoms with Gasteiger partial charge in [0.2, 0.25) is 0 Å². The van der Waals surface area contributed by atoms with Gasteiger partial charge in [-0.3, -0.25) is 18.6 Å². The molecular weight excluding hydrogens is 761 g/mol. The molecule has 0 N–H and O–H groups in total. The lowest BCUT2D eigenvalue weighted by Gasteiger charge is -2.40. The molecule has 2 atom stereocenters. The van der Waals surface area contributed by atoms with E-state index >= 15 is 0 Å². The van der Waals surface area contributed by atoms with Crippen LogP contribution in [0.1, 0.15) is 57.6 Å². The molecule has 284 valence electrons. The zero-order valence-corrected chi connectivity index (χ0v) is 32.9. The Morgan fingerprint density at radius 3 is 1.60 bits per heavy atom. The minimum atomic E-state index is -0.0255. The Balaban J connectivity index is 0.945. The Morgan fingerprint density at radius 2 is 0.903 bits per heavy atom. The number of hydrogen-bond donors (Lipinski definition) is 0. The molecular formula is C56H28N4O2. The van der Waals surface area contributed by atoms with Crippen molar-refractivity contribution in [3.05, 3.63) is 172 Å². The standard InChI is InChI=1S/C56H28N4O2/c61-55-39-23-19-35-31-15-11-27-26-10-14-30-34-18-22-38-52-40(56(62)60-44-8-4-2-6-42(44)58-54(38)60)24-20-36(50(34)52)32-16-12-28(46(26)48(30)32)25-9-13-29(47(31)45(25)27)33-17-21-37(51(39)49(33)35)53-57-41-5-1-3-7-43(41)59(53)55/h1-17,19-21,23-24,34,38H,18,22H2. The first-order valence-electron chi connectivity index (χ1n) is 21.6. The van der Waals surface area contributed by atoms with Crippen molar-refractivity contribution in [3.63, 3.8) is 0 Å². The molecule has 0 saturated carbocycles. The number of benzene rings is 11. The number of carbonyl (C=O) groups excluding carboxylic acids is 1. The molecule has 3 aliphatic rings. The van der Waals surface area contributed by atoms with E-state index in [4.69, 9.17) is 9.97 Å². The van der Waals surface area contributed by atoms with Gasteiger partial charge < -0.3 is 0 Å². The van der Waals surface area contributed by atoms with Gasteiger partial charge in [-0.25, -0.2) is 9.97 Å². The first kappa shape index (κ1) is 31.0. The van der Waals surface area contributed by atoms with Crippen LogP contribution in [0.4, 0.5) is 0 Å². The van der Waals surface area contributed by atoms with Crippen molar-refractivity contribution in [2.45, 2.75) is 24.7 Å². The molecule has 3 aromatic heterocycles. The summed E-state index contributed by atoms with van der Waals surface area (Å²) in [4.78, 5) is 38.8. The first-order valence-corrected chi connectivity index (χ1v) is 21.6. The van der Waals surface area contributed by atoms with Gasteiger partial charge in [0, 0.05) is 33.6 Å². The fourth-order valence-electron chi connectivity index (χ4n) is 13.3. The number of fused-ring (bicyclic) bond motifs is 14. The molecule has 0 fully saturated rings. The third-order valence-electron chi connectivity index (χ3n) is 15.6. The van der Waals surface area contributed by atoms with Gasteiger partial charge in [0.25, 0.3) is 11.5 Å². The number of imidazole rings is 2. The Bertz CT molecular complexity index is 4500. The average molecular weight is 789 g/mol. The Kier molecular flexibility index (Phi) is 4.98. The van der Waals surface area contributed by atoms with E-state index in [1.807, 2.05) is 59.2 Å². The van der Waals surface area contributed by atoms with Crippen LogP contribution in [0.5, 0.6) is 0 Å². The Morgan fingerprint density at radius 1 is 0.419 bits per heavy atom. The van der Waals surface area contributed by atoms with Crippen molar-refractivity contribution in [2.75, 3.05) is 0 Å². The topological polar surface area (TPSA) is 69.3 Å². The monoisotopic (exact) mass is 788 g/mol. The lowest BCUT2D eigenvalue weighted by molar-refractivity contribution is 0.0951. The molecule has 0 radical (unpaired) electrons. The highest BCUT2D eigenvalue weighted by atomic mass is 16.2. The Hall–Kier alpha value is -7.96. The summed E-state index contributed by atoms with van der Waals surface area (Å²) in [5.74, 6) is 1.22. The van der Waals surface area contributed by atoms with Gasteiger partial charge in [-0.2, -0.15) is 0 Å². The predicted octanol–water partition coefficient (Wildman–Crippen LogP) is 12.8. The number of para-hydroxylation sites is 4. The minimum Gasteiger partial charge on any atom is -0.268 e. The summed E-state index contributed by atoms with van der Waals surface area (Å²) in [6.07, 6.45) is 1.95.